The van der Waals surface area contributed by atoms with E-state index < -0.39 is 11.6 Å². The van der Waals surface area contributed by atoms with Gasteiger partial charge in [0.2, 0.25) is 0 Å². The van der Waals surface area contributed by atoms with Gasteiger partial charge in [-0.1, -0.05) is 0 Å². The van der Waals surface area contributed by atoms with E-state index in [4.69, 9.17) is 10.5 Å². The van der Waals surface area contributed by atoms with Gasteiger partial charge in [0.1, 0.15) is 5.82 Å². The van der Waals surface area contributed by atoms with Crippen molar-refractivity contribution in [3.63, 3.8) is 0 Å². The van der Waals surface area contributed by atoms with Gasteiger partial charge in [0, 0.05) is 6.07 Å². The molecule has 0 bridgehead atoms. The molecule has 2 rings (SSSR count). The minimum atomic E-state index is -0.570. The Bertz CT molecular complexity index is 502. The Morgan fingerprint density at radius 2 is 1.75 bits per heavy atom. The fourth-order valence-corrected chi connectivity index (χ4v) is 1.06. The smallest absolute Gasteiger partial charge is 0.322 e. The number of hydrogen-bond donors (Lipinski definition) is 1. The molecule has 6 heteroatoms. The highest BCUT2D eigenvalue weighted by Gasteiger charge is 2.05. The van der Waals surface area contributed by atoms with Crippen LogP contribution in [0.4, 0.5) is 14.5 Å². The van der Waals surface area contributed by atoms with Gasteiger partial charge in [0.05, 0.1) is 18.1 Å². The Kier molecular flexibility index (Phi) is 2.63. The van der Waals surface area contributed by atoms with Crippen molar-refractivity contribution in [2.24, 2.45) is 0 Å². The fourth-order valence-electron chi connectivity index (χ4n) is 1.06. The topological polar surface area (TPSA) is 61.0 Å². The van der Waals surface area contributed by atoms with Gasteiger partial charge in [-0.15, -0.1) is 0 Å². The molecule has 2 aromatic rings. The first-order valence-electron chi connectivity index (χ1n) is 4.35. The van der Waals surface area contributed by atoms with Crippen LogP contribution in [0.5, 0.6) is 11.8 Å². The summed E-state index contributed by atoms with van der Waals surface area (Å²) in [5.74, 6) is -0.822. The largest absolute Gasteiger partial charge is 0.422 e. The van der Waals surface area contributed by atoms with Crippen LogP contribution in [0, 0.1) is 11.6 Å². The first-order chi connectivity index (χ1) is 7.65. The van der Waals surface area contributed by atoms with E-state index >= 15 is 0 Å². The molecular formula is C10H7F2N3O. The van der Waals surface area contributed by atoms with E-state index in [0.717, 1.165) is 18.5 Å². The number of ether oxygens (including phenoxy) is 1. The molecule has 0 fully saturated rings. The maximum absolute atomic E-state index is 12.7. The molecule has 0 saturated heterocycles. The molecule has 0 radical (unpaired) electrons. The molecule has 1 aromatic carbocycles. The van der Waals surface area contributed by atoms with Crippen molar-refractivity contribution in [1.29, 1.82) is 0 Å². The summed E-state index contributed by atoms with van der Waals surface area (Å²) in [6, 6.07) is 3.59. The molecule has 0 atom stereocenters. The van der Waals surface area contributed by atoms with Crippen LogP contribution in [0.3, 0.4) is 0 Å². The van der Waals surface area contributed by atoms with Crippen LogP contribution < -0.4 is 10.5 Å². The Morgan fingerprint density at radius 3 is 2.38 bits per heavy atom. The number of halogens is 2. The van der Waals surface area contributed by atoms with E-state index in [1.807, 2.05) is 0 Å². The van der Waals surface area contributed by atoms with Crippen LogP contribution in [0.1, 0.15) is 0 Å². The van der Waals surface area contributed by atoms with Gasteiger partial charge in [0.15, 0.2) is 11.6 Å². The quantitative estimate of drug-likeness (QED) is 0.792. The van der Waals surface area contributed by atoms with Gasteiger partial charge < -0.3 is 10.5 Å². The zero-order valence-corrected chi connectivity index (χ0v) is 8.02. The highest BCUT2D eigenvalue weighted by molar-refractivity contribution is 5.53. The molecule has 2 N–H and O–H groups in total. The Balaban J connectivity index is 2.23. The molecule has 16 heavy (non-hydrogen) atoms. The molecule has 1 heterocycles. The van der Waals surface area contributed by atoms with Gasteiger partial charge in [-0.3, -0.25) is 0 Å². The zero-order valence-electron chi connectivity index (χ0n) is 8.02. The average molecular weight is 223 g/mol. The van der Waals surface area contributed by atoms with Crippen LogP contribution in [0.25, 0.3) is 0 Å². The molecule has 0 aliphatic heterocycles. The average Bonchev–Trinajstić information content (AvgIpc) is 2.25. The van der Waals surface area contributed by atoms with Gasteiger partial charge in [0.25, 0.3) is 0 Å². The minimum absolute atomic E-state index is 0.0558. The Morgan fingerprint density at radius 1 is 1.06 bits per heavy atom. The predicted molar refractivity (Wildman–Crippen MR) is 52.9 cm³/mol. The van der Waals surface area contributed by atoms with E-state index in [-0.39, 0.29) is 17.4 Å². The normalized spacial score (nSPS) is 10.1. The number of benzene rings is 1. The van der Waals surface area contributed by atoms with Crippen molar-refractivity contribution in [3.05, 3.63) is 42.2 Å². The first kappa shape index (κ1) is 10.3. The summed E-state index contributed by atoms with van der Waals surface area (Å²) >= 11 is 0. The van der Waals surface area contributed by atoms with E-state index in [9.17, 15) is 8.78 Å². The molecule has 0 spiro atoms. The van der Waals surface area contributed by atoms with Gasteiger partial charge in [-0.05, 0) is 12.1 Å². The van der Waals surface area contributed by atoms with Crippen LogP contribution in [0.2, 0.25) is 0 Å². The predicted octanol–water partition coefficient (Wildman–Crippen LogP) is 2.13. The molecule has 0 amide bonds. The summed E-state index contributed by atoms with van der Waals surface area (Å²) < 4.78 is 30.4. The van der Waals surface area contributed by atoms with E-state index in [1.54, 1.807) is 0 Å². The molecule has 0 saturated carbocycles. The van der Waals surface area contributed by atoms with Crippen molar-refractivity contribution >= 4 is 5.69 Å². The molecular weight excluding hydrogens is 216 g/mol. The van der Waals surface area contributed by atoms with Crippen LogP contribution in [0.15, 0.2) is 30.6 Å². The van der Waals surface area contributed by atoms with Gasteiger partial charge in [-0.2, -0.15) is 0 Å². The van der Waals surface area contributed by atoms with Crippen molar-refractivity contribution in [2.75, 3.05) is 5.73 Å². The van der Waals surface area contributed by atoms with Crippen molar-refractivity contribution < 1.29 is 13.5 Å². The Labute approximate surface area is 89.7 Å². The van der Waals surface area contributed by atoms with E-state index in [0.29, 0.717) is 0 Å². The number of hydrogen-bond acceptors (Lipinski definition) is 4. The lowest BCUT2D eigenvalue weighted by Gasteiger charge is -2.05. The monoisotopic (exact) mass is 223 g/mol. The lowest BCUT2D eigenvalue weighted by Crippen LogP contribution is -1.96. The van der Waals surface area contributed by atoms with Crippen molar-refractivity contribution in [1.82, 2.24) is 9.97 Å². The maximum Gasteiger partial charge on any atom is 0.322 e. The van der Waals surface area contributed by atoms with E-state index in [1.165, 1.54) is 12.1 Å². The number of nitrogens with zero attached hydrogens (tertiary/aromatic N) is 2. The molecule has 0 aliphatic rings. The number of nitrogens with two attached hydrogens (primary N) is 1. The van der Waals surface area contributed by atoms with Gasteiger partial charge >= 0.3 is 6.01 Å². The van der Waals surface area contributed by atoms with Gasteiger partial charge in [-0.25, -0.2) is 18.7 Å². The molecule has 1 aromatic heterocycles. The lowest BCUT2D eigenvalue weighted by molar-refractivity contribution is 0.437. The second-order valence-corrected chi connectivity index (χ2v) is 2.97. The molecule has 82 valence electrons. The molecule has 0 aliphatic carbocycles. The third-order valence-corrected chi connectivity index (χ3v) is 1.77. The second kappa shape index (κ2) is 4.09. The number of anilines is 1. The van der Waals surface area contributed by atoms with Crippen molar-refractivity contribution in [3.8, 4) is 11.8 Å². The standard InChI is InChI=1S/C10H7F2N3O/c11-6-1-2-9(8(13)3-6)16-10-14-4-7(12)5-15-10/h1-5H,13H2. The summed E-state index contributed by atoms with van der Waals surface area (Å²) in [5, 5.41) is 0. The molecule has 0 unspecified atom stereocenters. The highest BCUT2D eigenvalue weighted by Crippen LogP contribution is 2.25. The lowest BCUT2D eigenvalue weighted by atomic mass is 10.3. The second-order valence-electron chi connectivity index (χ2n) is 2.97. The van der Waals surface area contributed by atoms with Crippen molar-refractivity contribution in [2.45, 2.75) is 0 Å². The van der Waals surface area contributed by atoms with Crippen LogP contribution >= 0.6 is 0 Å². The fraction of sp³-hybridized carbons (Fsp3) is 0. The summed E-state index contributed by atoms with van der Waals surface area (Å²) in [6.45, 7) is 0. The summed E-state index contributed by atoms with van der Waals surface area (Å²) in [4.78, 5) is 7.16. The first-order valence-corrected chi connectivity index (χ1v) is 4.35. The minimum Gasteiger partial charge on any atom is -0.422 e. The van der Waals surface area contributed by atoms with E-state index in [2.05, 4.69) is 9.97 Å². The van der Waals surface area contributed by atoms with Crippen LogP contribution in [-0.4, -0.2) is 9.97 Å². The zero-order chi connectivity index (χ0) is 11.5. The third-order valence-electron chi connectivity index (χ3n) is 1.77. The summed E-state index contributed by atoms with van der Waals surface area (Å²) in [7, 11) is 0. The Hall–Kier alpha value is -2.24. The number of nitrogen functional groups attached to an aromatic ring is 1. The third kappa shape index (κ3) is 2.22. The summed E-state index contributed by atoms with van der Waals surface area (Å²) in [5.41, 5.74) is 5.62. The number of aromatic nitrogens is 2. The SMILES string of the molecule is Nc1cc(F)ccc1Oc1ncc(F)cn1. The van der Waals surface area contributed by atoms with Crippen LogP contribution in [-0.2, 0) is 0 Å². The number of rotatable bonds is 2. The maximum atomic E-state index is 12.7. The highest BCUT2D eigenvalue weighted by atomic mass is 19.1. The summed E-state index contributed by atoms with van der Waals surface area (Å²) in [6.07, 6.45) is 1.92. The molecule has 4 nitrogen and oxygen atoms in total.